The Balaban J connectivity index is 1.60. The number of ether oxygens (including phenoxy) is 3. The van der Waals surface area contributed by atoms with Crippen LogP contribution in [0.3, 0.4) is 0 Å². The molecule has 0 radical (unpaired) electrons. The second-order valence-corrected chi connectivity index (χ2v) is 5.03. The second-order valence-electron chi connectivity index (χ2n) is 5.03. The Morgan fingerprint density at radius 3 is 2.92 bits per heavy atom. The first kappa shape index (κ1) is 15.7. The fourth-order valence-electron chi connectivity index (χ4n) is 2.17. The molecule has 0 spiro atoms. The minimum absolute atomic E-state index is 0.0325. The minimum Gasteiger partial charge on any atom is -0.504 e. The molecule has 2 aromatic rings. The first-order valence-electron chi connectivity index (χ1n) is 7.26. The van der Waals surface area contributed by atoms with E-state index in [0.29, 0.717) is 22.8 Å². The number of hydrogen-bond donors (Lipinski definition) is 2. The van der Waals surface area contributed by atoms with Crippen LogP contribution in [-0.2, 0) is 4.79 Å². The van der Waals surface area contributed by atoms with Gasteiger partial charge >= 0.3 is 0 Å². The zero-order valence-corrected chi connectivity index (χ0v) is 12.9. The van der Waals surface area contributed by atoms with Crippen LogP contribution in [0.25, 0.3) is 0 Å². The molecule has 0 saturated heterocycles. The molecule has 1 heterocycles. The largest absolute Gasteiger partial charge is 0.504 e. The van der Waals surface area contributed by atoms with Gasteiger partial charge in [0, 0.05) is 0 Å². The third-order valence-electron chi connectivity index (χ3n) is 3.39. The summed E-state index contributed by atoms with van der Waals surface area (Å²) in [4.78, 5) is 12.1. The van der Waals surface area contributed by atoms with Crippen molar-refractivity contribution < 1.29 is 24.1 Å². The summed E-state index contributed by atoms with van der Waals surface area (Å²) in [6.07, 6.45) is 0.670. The van der Waals surface area contributed by atoms with E-state index in [1.165, 1.54) is 19.4 Å². The Labute approximate surface area is 138 Å². The summed E-state index contributed by atoms with van der Waals surface area (Å²) in [6.45, 7) is 0.116. The molecule has 124 valence electrons. The lowest BCUT2D eigenvalue weighted by molar-refractivity contribution is -0.130. The minimum atomic E-state index is -0.772. The maximum atomic E-state index is 12.1. The lowest BCUT2D eigenvalue weighted by Crippen LogP contribution is -2.42. The number of para-hydroxylation sites is 2. The molecule has 3 rings (SSSR count). The van der Waals surface area contributed by atoms with E-state index in [2.05, 4.69) is 10.5 Å². The van der Waals surface area contributed by atoms with Crippen LogP contribution in [-0.4, -0.2) is 37.0 Å². The van der Waals surface area contributed by atoms with Crippen molar-refractivity contribution >= 4 is 12.1 Å². The van der Waals surface area contributed by atoms with Crippen molar-refractivity contribution in [2.45, 2.75) is 6.10 Å². The Kier molecular flexibility index (Phi) is 4.51. The second kappa shape index (κ2) is 6.91. The number of phenolic OH excluding ortho intramolecular Hbond substituents is 1. The topological polar surface area (TPSA) is 89.4 Å². The van der Waals surface area contributed by atoms with Crippen LogP contribution in [0.2, 0.25) is 0 Å². The van der Waals surface area contributed by atoms with E-state index in [1.54, 1.807) is 30.3 Å². The van der Waals surface area contributed by atoms with Crippen molar-refractivity contribution in [1.29, 1.82) is 0 Å². The summed E-state index contributed by atoms with van der Waals surface area (Å²) < 4.78 is 16.1. The van der Waals surface area contributed by atoms with Gasteiger partial charge in [0.1, 0.15) is 6.61 Å². The van der Waals surface area contributed by atoms with E-state index in [-0.39, 0.29) is 12.4 Å². The van der Waals surface area contributed by atoms with Gasteiger partial charge in [0.25, 0.3) is 5.91 Å². The van der Waals surface area contributed by atoms with Crippen molar-refractivity contribution in [1.82, 2.24) is 5.43 Å². The molecule has 1 aliphatic heterocycles. The summed E-state index contributed by atoms with van der Waals surface area (Å²) in [5.41, 5.74) is 3.07. The first-order valence-corrected chi connectivity index (χ1v) is 7.26. The van der Waals surface area contributed by atoms with Crippen LogP contribution >= 0.6 is 0 Å². The molecule has 0 aliphatic carbocycles. The van der Waals surface area contributed by atoms with Crippen LogP contribution < -0.4 is 19.6 Å². The zero-order chi connectivity index (χ0) is 16.9. The number of nitrogens with one attached hydrogen (secondary N) is 1. The van der Waals surface area contributed by atoms with Gasteiger partial charge in [-0.2, -0.15) is 5.10 Å². The van der Waals surface area contributed by atoms with E-state index in [4.69, 9.17) is 14.2 Å². The average molecular weight is 328 g/mol. The Bertz CT molecular complexity index is 775. The molecule has 1 aliphatic rings. The number of rotatable bonds is 4. The van der Waals surface area contributed by atoms with E-state index in [0.717, 1.165) is 0 Å². The summed E-state index contributed by atoms with van der Waals surface area (Å²) in [7, 11) is 1.45. The molecule has 2 N–H and O–H groups in total. The van der Waals surface area contributed by atoms with Crippen molar-refractivity contribution in [3.05, 3.63) is 48.0 Å². The van der Waals surface area contributed by atoms with Gasteiger partial charge in [0.15, 0.2) is 23.0 Å². The molecule has 0 fully saturated rings. The van der Waals surface area contributed by atoms with Crippen LogP contribution in [0, 0.1) is 0 Å². The Morgan fingerprint density at radius 2 is 2.12 bits per heavy atom. The number of fused-ring (bicyclic) bond motifs is 1. The van der Waals surface area contributed by atoms with E-state index in [1.807, 2.05) is 6.07 Å². The number of benzene rings is 2. The number of aromatic hydroxyl groups is 1. The number of nitrogens with zero attached hydrogens (tertiary/aromatic N) is 1. The van der Waals surface area contributed by atoms with Crippen LogP contribution in [0.5, 0.6) is 23.0 Å². The van der Waals surface area contributed by atoms with E-state index < -0.39 is 12.0 Å². The molecule has 0 unspecified atom stereocenters. The van der Waals surface area contributed by atoms with Gasteiger partial charge in [-0.05, 0) is 35.9 Å². The fraction of sp³-hybridized carbons (Fsp3) is 0.176. The van der Waals surface area contributed by atoms with Gasteiger partial charge in [-0.1, -0.05) is 12.1 Å². The number of carbonyl (C=O) groups excluding carboxylic acids is 1. The average Bonchev–Trinajstić information content (AvgIpc) is 2.62. The van der Waals surface area contributed by atoms with Crippen LogP contribution in [0.1, 0.15) is 5.56 Å². The lowest BCUT2D eigenvalue weighted by atomic mass is 10.2. The number of methoxy groups -OCH3 is 1. The molecule has 0 aromatic heterocycles. The van der Waals surface area contributed by atoms with Crippen molar-refractivity contribution in [2.24, 2.45) is 5.10 Å². The molecule has 2 aromatic carbocycles. The number of hydrazone groups is 1. The summed E-state index contributed by atoms with van der Waals surface area (Å²) in [6, 6.07) is 11.9. The van der Waals surface area contributed by atoms with Gasteiger partial charge in [-0.3, -0.25) is 4.79 Å². The van der Waals surface area contributed by atoms with Gasteiger partial charge in [-0.15, -0.1) is 0 Å². The highest BCUT2D eigenvalue weighted by Crippen LogP contribution is 2.30. The lowest BCUT2D eigenvalue weighted by Gasteiger charge is -2.24. The van der Waals surface area contributed by atoms with Crippen LogP contribution in [0.15, 0.2) is 47.6 Å². The third kappa shape index (κ3) is 3.40. The normalized spacial score (nSPS) is 16.0. The maximum Gasteiger partial charge on any atom is 0.284 e. The van der Waals surface area contributed by atoms with Gasteiger partial charge in [0.05, 0.1) is 13.3 Å². The summed E-state index contributed by atoms with van der Waals surface area (Å²) in [5, 5.41) is 13.4. The number of amides is 1. The van der Waals surface area contributed by atoms with Crippen LogP contribution in [0.4, 0.5) is 0 Å². The monoisotopic (exact) mass is 328 g/mol. The highest BCUT2D eigenvalue weighted by molar-refractivity contribution is 5.85. The molecule has 24 heavy (non-hydrogen) atoms. The predicted octanol–water partition coefficient (Wildman–Crippen LogP) is 1.69. The van der Waals surface area contributed by atoms with Crippen molar-refractivity contribution in [3.8, 4) is 23.0 Å². The molecular formula is C17H16N2O5. The molecule has 1 atom stereocenters. The SMILES string of the molecule is COc1cc(C=NNC(=O)[C@H]2COc3ccccc3O2)ccc1O. The molecule has 7 nitrogen and oxygen atoms in total. The molecule has 7 heteroatoms. The summed E-state index contributed by atoms with van der Waals surface area (Å²) in [5.74, 6) is 1.08. The third-order valence-corrected chi connectivity index (χ3v) is 3.39. The smallest absolute Gasteiger partial charge is 0.284 e. The van der Waals surface area contributed by atoms with Gasteiger partial charge in [0.2, 0.25) is 6.10 Å². The molecule has 0 saturated carbocycles. The highest BCUT2D eigenvalue weighted by Gasteiger charge is 2.26. The number of carbonyl (C=O) groups is 1. The van der Waals surface area contributed by atoms with Crippen molar-refractivity contribution in [2.75, 3.05) is 13.7 Å². The fourth-order valence-corrected chi connectivity index (χ4v) is 2.17. The van der Waals surface area contributed by atoms with Crippen molar-refractivity contribution in [3.63, 3.8) is 0 Å². The summed E-state index contributed by atoms with van der Waals surface area (Å²) >= 11 is 0. The Hall–Kier alpha value is -3.22. The molecular weight excluding hydrogens is 312 g/mol. The predicted molar refractivity (Wildman–Crippen MR) is 86.7 cm³/mol. The molecule has 1 amide bonds. The highest BCUT2D eigenvalue weighted by atomic mass is 16.6. The quantitative estimate of drug-likeness (QED) is 0.658. The van der Waals surface area contributed by atoms with Gasteiger partial charge in [-0.25, -0.2) is 5.43 Å². The maximum absolute atomic E-state index is 12.1. The number of phenols is 1. The van der Waals surface area contributed by atoms with Gasteiger partial charge < -0.3 is 19.3 Å². The van der Waals surface area contributed by atoms with E-state index in [9.17, 15) is 9.90 Å². The Morgan fingerprint density at radius 1 is 1.33 bits per heavy atom. The zero-order valence-electron chi connectivity index (χ0n) is 12.9. The standard InChI is InChI=1S/C17H16N2O5/c1-22-15-8-11(6-7-12(15)20)9-18-19-17(21)16-10-23-13-4-2-3-5-14(13)24-16/h2-9,16,20H,10H2,1H3,(H,19,21)/t16-/m1/s1. The first-order chi connectivity index (χ1) is 11.7. The number of hydrogen-bond acceptors (Lipinski definition) is 6. The van der Waals surface area contributed by atoms with E-state index >= 15 is 0 Å². The molecule has 0 bridgehead atoms.